The Morgan fingerprint density at radius 1 is 1.50 bits per heavy atom. The van der Waals surface area contributed by atoms with Crippen LogP contribution < -0.4 is 0 Å². The highest BCUT2D eigenvalue weighted by Crippen LogP contribution is 2.48. The van der Waals surface area contributed by atoms with E-state index in [2.05, 4.69) is 0 Å². The van der Waals surface area contributed by atoms with Gasteiger partial charge >= 0.3 is 7.60 Å². The monoisotopic (exact) mass is 262 g/mol. The van der Waals surface area contributed by atoms with Crippen LogP contribution in [-0.4, -0.2) is 11.0 Å². The zero-order valence-corrected chi connectivity index (χ0v) is 11.0. The second-order valence-electron chi connectivity index (χ2n) is 3.71. The Labute approximate surface area is 101 Å². The summed E-state index contributed by atoms with van der Waals surface area (Å²) in [6.07, 6.45) is 0.433. The summed E-state index contributed by atoms with van der Waals surface area (Å²) < 4.78 is 16.9. The highest BCUT2D eigenvalue weighted by Gasteiger charge is 2.23. The van der Waals surface area contributed by atoms with E-state index >= 15 is 0 Å². The van der Waals surface area contributed by atoms with E-state index in [0.29, 0.717) is 17.0 Å². The number of rotatable bonds is 5. The van der Waals surface area contributed by atoms with Gasteiger partial charge in [0, 0.05) is 5.02 Å². The summed E-state index contributed by atoms with van der Waals surface area (Å²) in [4.78, 5) is 9.67. The molecule has 90 valence electrons. The van der Waals surface area contributed by atoms with Crippen LogP contribution >= 0.6 is 19.2 Å². The van der Waals surface area contributed by atoms with Crippen LogP contribution in [0.3, 0.4) is 0 Å². The lowest BCUT2D eigenvalue weighted by Crippen LogP contribution is -2.05. The predicted octanol–water partition coefficient (Wildman–Crippen LogP) is 3.84. The molecular formula is C11H16ClO3P. The Morgan fingerprint density at radius 3 is 2.69 bits per heavy atom. The largest absolute Gasteiger partial charge is 0.332 e. The summed E-state index contributed by atoms with van der Waals surface area (Å²) in [5, 5.41) is 0.490. The fourth-order valence-electron chi connectivity index (χ4n) is 1.23. The number of halogens is 1. The average Bonchev–Trinajstić information content (AvgIpc) is 2.20. The third kappa shape index (κ3) is 4.26. The molecule has 1 aromatic carbocycles. The Bertz CT molecular complexity index is 395. The summed E-state index contributed by atoms with van der Waals surface area (Å²) in [5.74, 6) is 0. The first-order chi connectivity index (χ1) is 7.44. The second kappa shape index (κ2) is 5.83. The first kappa shape index (κ1) is 13.7. The fourth-order valence-corrected chi connectivity index (χ4v) is 3.02. The molecule has 0 aromatic heterocycles. The predicted molar refractivity (Wildman–Crippen MR) is 65.8 cm³/mol. The molecule has 0 saturated carbocycles. The van der Waals surface area contributed by atoms with Gasteiger partial charge in [0.05, 0.1) is 12.3 Å². The first-order valence-corrected chi connectivity index (χ1v) is 7.32. The molecule has 0 heterocycles. The van der Waals surface area contributed by atoms with E-state index in [1.54, 1.807) is 31.2 Å². The molecule has 2 unspecified atom stereocenters. The van der Waals surface area contributed by atoms with Gasteiger partial charge in [0.1, 0.15) is 0 Å². The lowest BCUT2D eigenvalue weighted by atomic mass is 10.2. The number of hydrogen-bond acceptors (Lipinski definition) is 2. The van der Waals surface area contributed by atoms with Gasteiger partial charge in [-0.2, -0.15) is 0 Å². The zero-order chi connectivity index (χ0) is 12.2. The average molecular weight is 263 g/mol. The molecule has 1 N–H and O–H groups in total. The maximum Gasteiger partial charge on any atom is 0.332 e. The maximum absolute atomic E-state index is 11.8. The van der Waals surface area contributed by atoms with E-state index in [9.17, 15) is 9.46 Å². The Hall–Kier alpha value is -0.340. The van der Waals surface area contributed by atoms with Crippen molar-refractivity contribution in [3.05, 3.63) is 34.9 Å². The van der Waals surface area contributed by atoms with Gasteiger partial charge in [0.15, 0.2) is 0 Å². The second-order valence-corrected chi connectivity index (χ2v) is 5.92. The van der Waals surface area contributed by atoms with Gasteiger partial charge in [-0.15, -0.1) is 0 Å². The molecule has 0 bridgehead atoms. The number of benzene rings is 1. The van der Waals surface area contributed by atoms with Crippen molar-refractivity contribution >= 4 is 19.2 Å². The minimum atomic E-state index is -3.60. The van der Waals surface area contributed by atoms with Crippen molar-refractivity contribution < 1.29 is 14.0 Å². The smallest absolute Gasteiger partial charge is 0.324 e. The lowest BCUT2D eigenvalue weighted by molar-refractivity contribution is 0.185. The molecule has 0 aliphatic heterocycles. The summed E-state index contributed by atoms with van der Waals surface area (Å²) in [5.41, 5.74) is 0.637. The Balaban J connectivity index is 2.73. The van der Waals surface area contributed by atoms with Crippen LogP contribution in [0.4, 0.5) is 0 Å². The fraction of sp³-hybridized carbons (Fsp3) is 0.455. The molecule has 2 atom stereocenters. The van der Waals surface area contributed by atoms with Crippen LogP contribution in [0.1, 0.15) is 25.8 Å². The van der Waals surface area contributed by atoms with Crippen molar-refractivity contribution in [2.75, 3.05) is 0 Å². The van der Waals surface area contributed by atoms with E-state index in [1.807, 2.05) is 6.92 Å². The third-order valence-corrected chi connectivity index (χ3v) is 4.05. The molecular weight excluding hydrogens is 247 g/mol. The molecule has 1 aromatic rings. The van der Waals surface area contributed by atoms with Crippen LogP contribution in [0.2, 0.25) is 5.02 Å². The van der Waals surface area contributed by atoms with Crippen molar-refractivity contribution in [3.8, 4) is 0 Å². The van der Waals surface area contributed by atoms with E-state index in [-0.39, 0.29) is 12.3 Å². The Kier molecular flexibility index (Phi) is 5.00. The molecule has 0 fully saturated rings. The van der Waals surface area contributed by atoms with Crippen molar-refractivity contribution in [2.45, 2.75) is 32.5 Å². The molecule has 16 heavy (non-hydrogen) atoms. The molecule has 0 radical (unpaired) electrons. The molecule has 0 saturated heterocycles. The first-order valence-electron chi connectivity index (χ1n) is 5.18. The highest BCUT2D eigenvalue weighted by molar-refractivity contribution is 7.52. The lowest BCUT2D eigenvalue weighted by Gasteiger charge is -2.17. The quantitative estimate of drug-likeness (QED) is 0.820. The van der Waals surface area contributed by atoms with Gasteiger partial charge in [-0.3, -0.25) is 4.57 Å². The highest BCUT2D eigenvalue weighted by atomic mass is 35.5. The molecule has 0 spiro atoms. The van der Waals surface area contributed by atoms with Gasteiger partial charge in [0.25, 0.3) is 0 Å². The van der Waals surface area contributed by atoms with E-state index < -0.39 is 7.60 Å². The van der Waals surface area contributed by atoms with Crippen molar-refractivity contribution in [3.63, 3.8) is 0 Å². The molecule has 0 aliphatic rings. The normalized spacial score (nSPS) is 16.8. The van der Waals surface area contributed by atoms with Crippen LogP contribution in [-0.2, 0) is 15.3 Å². The third-order valence-electron chi connectivity index (χ3n) is 2.25. The van der Waals surface area contributed by atoms with E-state index in [0.717, 1.165) is 0 Å². The summed E-state index contributed by atoms with van der Waals surface area (Å²) in [6.45, 7) is 3.68. The summed E-state index contributed by atoms with van der Waals surface area (Å²) in [6, 6.07) is 6.99. The van der Waals surface area contributed by atoms with Crippen molar-refractivity contribution in [1.29, 1.82) is 0 Å². The van der Waals surface area contributed by atoms with Crippen molar-refractivity contribution in [1.82, 2.24) is 0 Å². The molecule has 0 amide bonds. The standard InChI is InChI=1S/C11H16ClO3P/c1-3-9(2)15-16(13,14)8-10-6-4-5-7-11(10)12/h4-7,9H,3,8H2,1-2H3,(H,13,14). The molecule has 3 nitrogen and oxygen atoms in total. The van der Waals surface area contributed by atoms with Gasteiger partial charge < -0.3 is 9.42 Å². The summed E-state index contributed by atoms with van der Waals surface area (Å²) >= 11 is 5.91. The minimum absolute atomic E-state index is 0.0446. The van der Waals surface area contributed by atoms with Gasteiger partial charge in [-0.1, -0.05) is 36.7 Å². The Morgan fingerprint density at radius 2 is 2.12 bits per heavy atom. The topological polar surface area (TPSA) is 46.5 Å². The molecule has 1 rings (SSSR count). The molecule has 5 heteroatoms. The molecule has 0 aliphatic carbocycles. The SMILES string of the molecule is CCC(C)OP(=O)(O)Cc1ccccc1Cl. The van der Waals surface area contributed by atoms with Crippen LogP contribution in [0, 0.1) is 0 Å². The zero-order valence-electron chi connectivity index (χ0n) is 9.39. The van der Waals surface area contributed by atoms with E-state index in [4.69, 9.17) is 16.1 Å². The summed E-state index contributed by atoms with van der Waals surface area (Å²) in [7, 11) is -3.60. The van der Waals surface area contributed by atoms with E-state index in [1.165, 1.54) is 0 Å². The minimum Gasteiger partial charge on any atom is -0.324 e. The van der Waals surface area contributed by atoms with Gasteiger partial charge in [-0.05, 0) is 25.0 Å². The van der Waals surface area contributed by atoms with Gasteiger partial charge in [0.2, 0.25) is 0 Å². The van der Waals surface area contributed by atoms with Crippen molar-refractivity contribution in [2.24, 2.45) is 0 Å². The van der Waals surface area contributed by atoms with Crippen LogP contribution in [0.5, 0.6) is 0 Å². The maximum atomic E-state index is 11.8. The van der Waals surface area contributed by atoms with Gasteiger partial charge in [-0.25, -0.2) is 0 Å². The number of hydrogen-bond donors (Lipinski definition) is 1. The van der Waals surface area contributed by atoms with Crippen LogP contribution in [0.15, 0.2) is 24.3 Å². The van der Waals surface area contributed by atoms with Crippen LogP contribution in [0.25, 0.3) is 0 Å².